The second-order valence-corrected chi connectivity index (χ2v) is 6.47. The predicted octanol–water partition coefficient (Wildman–Crippen LogP) is 4.65. The monoisotopic (exact) mass is 296 g/mol. The Balaban J connectivity index is 2.10. The second-order valence-electron chi connectivity index (χ2n) is 5.07. The Bertz CT molecular complexity index is 469. The van der Waals surface area contributed by atoms with Gasteiger partial charge in [0.25, 0.3) is 0 Å². The number of aliphatic imine (C=N–C) groups is 1. The highest BCUT2D eigenvalue weighted by Gasteiger charge is 2.33. The van der Waals surface area contributed by atoms with Crippen molar-refractivity contribution >= 4 is 28.5 Å². The van der Waals surface area contributed by atoms with Crippen molar-refractivity contribution in [2.24, 2.45) is 4.99 Å². The second kappa shape index (κ2) is 6.19. The summed E-state index contributed by atoms with van der Waals surface area (Å²) in [5.41, 5.74) is 1.39. The Morgan fingerprint density at radius 2 is 2.16 bits per heavy atom. The maximum absolute atomic E-state index is 6.03. The van der Waals surface area contributed by atoms with Gasteiger partial charge in [-0.3, -0.25) is 4.99 Å². The van der Waals surface area contributed by atoms with Gasteiger partial charge in [-0.1, -0.05) is 49.3 Å². The van der Waals surface area contributed by atoms with Gasteiger partial charge in [-0.2, -0.15) is 0 Å². The molecule has 104 valence electrons. The van der Waals surface area contributed by atoms with E-state index in [9.17, 15) is 0 Å². The molecule has 1 unspecified atom stereocenters. The lowest BCUT2D eigenvalue weighted by atomic mass is 9.96. The lowest BCUT2D eigenvalue weighted by Gasteiger charge is -2.25. The molecule has 1 aliphatic rings. The minimum absolute atomic E-state index is 0.137. The summed E-state index contributed by atoms with van der Waals surface area (Å²) in [4.78, 5) is 4.79. The minimum atomic E-state index is 0.137. The summed E-state index contributed by atoms with van der Waals surface area (Å²) in [6, 6.07) is 8.08. The van der Waals surface area contributed by atoms with Crippen LogP contribution in [0.15, 0.2) is 29.3 Å². The third kappa shape index (κ3) is 3.46. The van der Waals surface area contributed by atoms with E-state index in [0.29, 0.717) is 0 Å². The van der Waals surface area contributed by atoms with Gasteiger partial charge in [0, 0.05) is 16.3 Å². The smallest absolute Gasteiger partial charge is 0.157 e. The zero-order valence-electron chi connectivity index (χ0n) is 11.7. The SMILES string of the molecule is CCC1(CC)CSC(=NC(C)c2cccc(Cl)c2)N1. The van der Waals surface area contributed by atoms with Crippen LogP contribution in [0.5, 0.6) is 0 Å². The first-order chi connectivity index (χ1) is 9.08. The summed E-state index contributed by atoms with van der Waals surface area (Å²) in [5, 5.41) is 5.44. The molecule has 2 rings (SSSR count). The lowest BCUT2D eigenvalue weighted by molar-refractivity contribution is 0.407. The Hall–Kier alpha value is -0.670. The first kappa shape index (κ1) is 14.7. The number of hydrogen-bond donors (Lipinski definition) is 1. The molecule has 0 spiro atoms. The van der Waals surface area contributed by atoms with Crippen LogP contribution in [-0.4, -0.2) is 16.5 Å². The van der Waals surface area contributed by atoms with E-state index in [-0.39, 0.29) is 11.6 Å². The predicted molar refractivity (Wildman–Crippen MR) is 86.2 cm³/mol. The zero-order chi connectivity index (χ0) is 13.9. The number of nitrogens with zero attached hydrogens (tertiary/aromatic N) is 1. The Labute approximate surface area is 125 Å². The molecule has 0 bridgehead atoms. The zero-order valence-corrected chi connectivity index (χ0v) is 13.3. The van der Waals surface area contributed by atoms with Gasteiger partial charge >= 0.3 is 0 Å². The summed E-state index contributed by atoms with van der Waals surface area (Å²) in [6.07, 6.45) is 2.28. The lowest BCUT2D eigenvalue weighted by Crippen LogP contribution is -2.42. The van der Waals surface area contributed by atoms with Crippen LogP contribution in [0.4, 0.5) is 0 Å². The van der Waals surface area contributed by atoms with E-state index in [1.54, 1.807) is 0 Å². The van der Waals surface area contributed by atoms with Crippen LogP contribution in [0.2, 0.25) is 5.02 Å². The summed E-state index contributed by atoms with van der Waals surface area (Å²) in [7, 11) is 0. The number of thioether (sulfide) groups is 1. The average molecular weight is 297 g/mol. The molecule has 0 aromatic heterocycles. The molecule has 1 heterocycles. The molecule has 0 amide bonds. The van der Waals surface area contributed by atoms with Crippen molar-refractivity contribution in [2.75, 3.05) is 5.75 Å². The van der Waals surface area contributed by atoms with E-state index >= 15 is 0 Å². The number of nitrogens with one attached hydrogen (secondary N) is 1. The number of amidine groups is 1. The molecule has 0 saturated carbocycles. The van der Waals surface area contributed by atoms with Crippen molar-refractivity contribution in [3.05, 3.63) is 34.9 Å². The highest BCUT2D eigenvalue weighted by Crippen LogP contribution is 2.31. The van der Waals surface area contributed by atoms with Gasteiger partial charge in [0.15, 0.2) is 5.17 Å². The molecule has 1 atom stereocenters. The van der Waals surface area contributed by atoms with Crippen LogP contribution in [0.1, 0.15) is 45.2 Å². The molecule has 1 aromatic carbocycles. The number of hydrogen-bond acceptors (Lipinski definition) is 2. The van der Waals surface area contributed by atoms with Gasteiger partial charge < -0.3 is 5.32 Å². The van der Waals surface area contributed by atoms with Crippen LogP contribution in [0, 0.1) is 0 Å². The first-order valence-electron chi connectivity index (χ1n) is 6.83. The van der Waals surface area contributed by atoms with E-state index in [2.05, 4.69) is 32.2 Å². The van der Waals surface area contributed by atoms with Crippen LogP contribution in [0.3, 0.4) is 0 Å². The maximum Gasteiger partial charge on any atom is 0.157 e. The highest BCUT2D eigenvalue weighted by atomic mass is 35.5. The van der Waals surface area contributed by atoms with Gasteiger partial charge in [0.2, 0.25) is 0 Å². The topological polar surface area (TPSA) is 24.4 Å². The van der Waals surface area contributed by atoms with E-state index in [1.807, 2.05) is 30.0 Å². The molecule has 4 heteroatoms. The van der Waals surface area contributed by atoms with Gasteiger partial charge in [-0.15, -0.1) is 0 Å². The van der Waals surface area contributed by atoms with Gasteiger partial charge in [0.05, 0.1) is 6.04 Å². The third-order valence-electron chi connectivity index (χ3n) is 3.85. The summed E-state index contributed by atoms with van der Waals surface area (Å²) in [5.74, 6) is 1.11. The van der Waals surface area contributed by atoms with Crippen LogP contribution in [-0.2, 0) is 0 Å². The summed E-state index contributed by atoms with van der Waals surface area (Å²) < 4.78 is 0. The minimum Gasteiger partial charge on any atom is -0.359 e. The van der Waals surface area contributed by atoms with E-state index in [1.165, 1.54) is 0 Å². The van der Waals surface area contributed by atoms with Gasteiger partial charge in [-0.25, -0.2) is 0 Å². The third-order valence-corrected chi connectivity index (χ3v) is 5.27. The molecule has 2 nitrogen and oxygen atoms in total. The van der Waals surface area contributed by atoms with Crippen LogP contribution < -0.4 is 5.32 Å². The van der Waals surface area contributed by atoms with Crippen molar-refractivity contribution in [1.29, 1.82) is 0 Å². The number of rotatable bonds is 4. The van der Waals surface area contributed by atoms with Crippen molar-refractivity contribution in [2.45, 2.75) is 45.2 Å². The molecule has 0 aliphatic carbocycles. The Morgan fingerprint density at radius 3 is 2.74 bits per heavy atom. The van der Waals surface area contributed by atoms with Gasteiger partial charge in [0.1, 0.15) is 0 Å². The first-order valence-corrected chi connectivity index (χ1v) is 8.19. The molecule has 0 radical (unpaired) electrons. The van der Waals surface area contributed by atoms with E-state index in [0.717, 1.165) is 34.3 Å². The van der Waals surface area contributed by atoms with Crippen molar-refractivity contribution in [3.8, 4) is 0 Å². The van der Waals surface area contributed by atoms with Crippen molar-refractivity contribution < 1.29 is 0 Å². The normalized spacial score (nSPS) is 21.4. The van der Waals surface area contributed by atoms with E-state index < -0.39 is 0 Å². The Kier molecular flexibility index (Phi) is 4.80. The standard InChI is InChI=1S/C15H21ClN2S/c1-4-15(5-2)10-19-14(18-15)17-11(3)12-7-6-8-13(16)9-12/h6-9,11H,4-5,10H2,1-3H3,(H,17,18). The largest absolute Gasteiger partial charge is 0.359 e. The molecule has 19 heavy (non-hydrogen) atoms. The summed E-state index contributed by atoms with van der Waals surface area (Å²) >= 11 is 7.86. The average Bonchev–Trinajstić information content (AvgIpc) is 2.83. The molecule has 1 saturated heterocycles. The highest BCUT2D eigenvalue weighted by molar-refractivity contribution is 8.14. The maximum atomic E-state index is 6.03. The van der Waals surface area contributed by atoms with Crippen LogP contribution in [0.25, 0.3) is 0 Å². The number of benzene rings is 1. The summed E-state index contributed by atoms with van der Waals surface area (Å²) in [6.45, 7) is 6.58. The van der Waals surface area contributed by atoms with E-state index in [4.69, 9.17) is 16.6 Å². The van der Waals surface area contributed by atoms with Gasteiger partial charge in [-0.05, 0) is 37.5 Å². The Morgan fingerprint density at radius 1 is 1.42 bits per heavy atom. The number of halogens is 1. The quantitative estimate of drug-likeness (QED) is 0.874. The van der Waals surface area contributed by atoms with Crippen molar-refractivity contribution in [1.82, 2.24) is 5.32 Å². The molecule has 1 fully saturated rings. The molecule has 1 aliphatic heterocycles. The van der Waals surface area contributed by atoms with Crippen molar-refractivity contribution in [3.63, 3.8) is 0 Å². The molecule has 1 aromatic rings. The molecular formula is C15H21ClN2S. The molecule has 1 N–H and O–H groups in total. The molecular weight excluding hydrogens is 276 g/mol. The fourth-order valence-electron chi connectivity index (χ4n) is 2.22. The fourth-order valence-corrected chi connectivity index (χ4v) is 3.84. The fraction of sp³-hybridized carbons (Fsp3) is 0.533. The van der Waals surface area contributed by atoms with Crippen LogP contribution >= 0.6 is 23.4 Å².